The zero-order valence-electron chi connectivity index (χ0n) is 12.8. The van der Waals surface area contributed by atoms with E-state index < -0.39 is 17.4 Å². The van der Waals surface area contributed by atoms with Crippen LogP contribution in [0.1, 0.15) is 37.2 Å². The van der Waals surface area contributed by atoms with Gasteiger partial charge in [0.05, 0.1) is 0 Å². The smallest absolute Gasteiger partial charge is 0.303 e. The van der Waals surface area contributed by atoms with Crippen LogP contribution in [-0.4, -0.2) is 27.7 Å². The number of carboxylic acid groups (broad SMARTS) is 1. The fourth-order valence-corrected chi connectivity index (χ4v) is 2.11. The highest BCUT2D eigenvalue weighted by Crippen LogP contribution is 2.22. The van der Waals surface area contributed by atoms with Crippen molar-refractivity contribution in [3.63, 3.8) is 0 Å². The normalized spacial score (nSPS) is 11.3. The van der Waals surface area contributed by atoms with Crippen molar-refractivity contribution in [3.05, 3.63) is 41.0 Å². The average Bonchev–Trinajstić information content (AvgIpc) is 2.95. The molecule has 0 radical (unpaired) electrons. The number of aromatic nitrogens is 1. The molecule has 0 atom stereocenters. The molecule has 2 rings (SSSR count). The maximum atomic E-state index is 12.2. The molecule has 122 valence electrons. The molecule has 6 nitrogen and oxygen atoms in total. The fourth-order valence-electron chi connectivity index (χ4n) is 1.99. The van der Waals surface area contributed by atoms with Gasteiger partial charge in [-0.2, -0.15) is 0 Å². The van der Waals surface area contributed by atoms with Gasteiger partial charge < -0.3 is 14.9 Å². The number of halogens is 1. The van der Waals surface area contributed by atoms with Gasteiger partial charge in [0, 0.05) is 28.6 Å². The van der Waals surface area contributed by atoms with Crippen LogP contribution in [-0.2, 0) is 4.79 Å². The van der Waals surface area contributed by atoms with Gasteiger partial charge in [0.1, 0.15) is 0 Å². The lowest BCUT2D eigenvalue weighted by molar-refractivity contribution is -0.137. The Bertz CT molecular complexity index is 707. The first-order valence-corrected chi connectivity index (χ1v) is 7.41. The zero-order chi connectivity index (χ0) is 17.0. The van der Waals surface area contributed by atoms with E-state index in [2.05, 4.69) is 10.5 Å². The Balaban J connectivity index is 2.06. The van der Waals surface area contributed by atoms with Crippen molar-refractivity contribution >= 4 is 23.5 Å². The van der Waals surface area contributed by atoms with Gasteiger partial charge in [-0.3, -0.25) is 9.59 Å². The van der Waals surface area contributed by atoms with Gasteiger partial charge in [0.15, 0.2) is 11.5 Å². The van der Waals surface area contributed by atoms with Crippen molar-refractivity contribution in [1.82, 2.24) is 10.5 Å². The second-order valence-electron chi connectivity index (χ2n) is 5.82. The summed E-state index contributed by atoms with van der Waals surface area (Å²) in [6, 6.07) is 8.50. The molecule has 23 heavy (non-hydrogen) atoms. The molecule has 0 aliphatic carbocycles. The number of hydrogen-bond donors (Lipinski definition) is 2. The summed E-state index contributed by atoms with van der Waals surface area (Å²) >= 11 is 5.83. The van der Waals surface area contributed by atoms with Gasteiger partial charge in [-0.15, -0.1) is 0 Å². The predicted octanol–water partition coefficient (Wildman–Crippen LogP) is 3.37. The Labute approximate surface area is 138 Å². The van der Waals surface area contributed by atoms with E-state index in [-0.39, 0.29) is 12.1 Å². The zero-order valence-corrected chi connectivity index (χ0v) is 13.6. The number of carboxylic acids is 1. The van der Waals surface area contributed by atoms with E-state index in [1.807, 2.05) is 0 Å². The standard InChI is InChI=1S/C16H17ClN2O4/c1-16(2,8-7-14(20)21)18-15(22)12-9-13(23-19-12)10-3-5-11(17)6-4-10/h3-6,9H,7-8H2,1-2H3,(H,18,22)(H,20,21). The van der Waals surface area contributed by atoms with Crippen molar-refractivity contribution in [1.29, 1.82) is 0 Å². The van der Waals surface area contributed by atoms with Gasteiger partial charge in [-0.1, -0.05) is 16.8 Å². The van der Waals surface area contributed by atoms with E-state index in [4.69, 9.17) is 21.2 Å². The molecule has 1 heterocycles. The molecular weight excluding hydrogens is 320 g/mol. The van der Waals surface area contributed by atoms with Gasteiger partial charge >= 0.3 is 5.97 Å². The maximum absolute atomic E-state index is 12.2. The summed E-state index contributed by atoms with van der Waals surface area (Å²) in [7, 11) is 0. The van der Waals surface area contributed by atoms with E-state index >= 15 is 0 Å². The van der Waals surface area contributed by atoms with E-state index in [0.717, 1.165) is 5.56 Å². The lowest BCUT2D eigenvalue weighted by Crippen LogP contribution is -2.43. The SMILES string of the molecule is CC(C)(CCC(=O)O)NC(=O)c1cc(-c2ccc(Cl)cc2)on1. The predicted molar refractivity (Wildman–Crippen MR) is 85.4 cm³/mol. The number of amides is 1. The van der Waals surface area contributed by atoms with Gasteiger partial charge in [0.25, 0.3) is 5.91 Å². The number of nitrogens with zero attached hydrogens (tertiary/aromatic N) is 1. The summed E-state index contributed by atoms with van der Waals surface area (Å²) in [6.45, 7) is 3.52. The van der Waals surface area contributed by atoms with Gasteiger partial charge in [-0.05, 0) is 44.5 Å². The lowest BCUT2D eigenvalue weighted by atomic mass is 9.98. The Morgan fingerprint density at radius 2 is 1.96 bits per heavy atom. The van der Waals surface area contributed by atoms with Crippen LogP contribution in [0, 0.1) is 0 Å². The van der Waals surface area contributed by atoms with Crippen molar-refractivity contribution in [3.8, 4) is 11.3 Å². The summed E-state index contributed by atoms with van der Waals surface area (Å²) < 4.78 is 5.18. The molecule has 0 saturated carbocycles. The second kappa shape index (κ2) is 6.83. The Morgan fingerprint density at radius 1 is 1.30 bits per heavy atom. The molecule has 0 saturated heterocycles. The van der Waals surface area contributed by atoms with E-state index in [0.29, 0.717) is 17.2 Å². The molecule has 1 amide bonds. The van der Waals surface area contributed by atoms with Crippen molar-refractivity contribution in [2.24, 2.45) is 0 Å². The van der Waals surface area contributed by atoms with Crippen molar-refractivity contribution in [2.75, 3.05) is 0 Å². The minimum Gasteiger partial charge on any atom is -0.481 e. The van der Waals surface area contributed by atoms with Gasteiger partial charge in [0.2, 0.25) is 0 Å². The number of rotatable bonds is 6. The fraction of sp³-hybridized carbons (Fsp3) is 0.312. The Hall–Kier alpha value is -2.34. The van der Waals surface area contributed by atoms with Crippen LogP contribution in [0.4, 0.5) is 0 Å². The third-order valence-electron chi connectivity index (χ3n) is 3.29. The Morgan fingerprint density at radius 3 is 2.57 bits per heavy atom. The van der Waals surface area contributed by atoms with Crippen LogP contribution in [0.3, 0.4) is 0 Å². The third-order valence-corrected chi connectivity index (χ3v) is 3.54. The number of hydrogen-bond acceptors (Lipinski definition) is 4. The molecule has 0 spiro atoms. The summed E-state index contributed by atoms with van der Waals surface area (Å²) in [6.07, 6.45) is 0.290. The largest absolute Gasteiger partial charge is 0.481 e. The highest BCUT2D eigenvalue weighted by molar-refractivity contribution is 6.30. The molecule has 2 aromatic rings. The maximum Gasteiger partial charge on any atom is 0.303 e. The molecule has 0 aliphatic heterocycles. The summed E-state index contributed by atoms with van der Waals surface area (Å²) in [5, 5.41) is 15.8. The molecule has 0 bridgehead atoms. The summed E-state index contributed by atoms with van der Waals surface area (Å²) in [5.74, 6) is -0.863. The number of nitrogens with one attached hydrogen (secondary N) is 1. The monoisotopic (exact) mass is 336 g/mol. The van der Waals surface area contributed by atoms with E-state index in [1.165, 1.54) is 6.07 Å². The van der Waals surface area contributed by atoms with Gasteiger partial charge in [-0.25, -0.2) is 0 Å². The Kier molecular flexibility index (Phi) is 5.05. The minimum absolute atomic E-state index is 0.0257. The molecule has 0 unspecified atom stereocenters. The van der Waals surface area contributed by atoms with Crippen molar-refractivity contribution < 1.29 is 19.2 Å². The van der Waals surface area contributed by atoms with E-state index in [9.17, 15) is 9.59 Å². The van der Waals surface area contributed by atoms with Crippen LogP contribution in [0.25, 0.3) is 11.3 Å². The molecule has 0 aliphatic rings. The first-order chi connectivity index (χ1) is 10.8. The van der Waals surface area contributed by atoms with E-state index in [1.54, 1.807) is 38.1 Å². The number of carbonyl (C=O) groups excluding carboxylic acids is 1. The quantitative estimate of drug-likeness (QED) is 0.843. The average molecular weight is 337 g/mol. The first-order valence-electron chi connectivity index (χ1n) is 7.04. The minimum atomic E-state index is -0.904. The molecule has 7 heteroatoms. The topological polar surface area (TPSA) is 92.4 Å². The van der Waals surface area contributed by atoms with Crippen LogP contribution in [0.15, 0.2) is 34.9 Å². The third kappa shape index (κ3) is 4.82. The number of carbonyl (C=O) groups is 2. The van der Waals surface area contributed by atoms with Crippen LogP contribution in [0.5, 0.6) is 0 Å². The van der Waals surface area contributed by atoms with Crippen LogP contribution in [0.2, 0.25) is 5.02 Å². The highest BCUT2D eigenvalue weighted by atomic mass is 35.5. The van der Waals surface area contributed by atoms with Crippen LogP contribution < -0.4 is 5.32 Å². The number of aliphatic carboxylic acids is 1. The number of benzene rings is 1. The highest BCUT2D eigenvalue weighted by Gasteiger charge is 2.24. The molecule has 1 aromatic carbocycles. The second-order valence-corrected chi connectivity index (χ2v) is 6.25. The lowest BCUT2D eigenvalue weighted by Gasteiger charge is -2.24. The summed E-state index contributed by atoms with van der Waals surface area (Å²) in [5.41, 5.74) is 0.235. The molecular formula is C16H17ClN2O4. The molecule has 0 fully saturated rings. The first kappa shape index (κ1) is 17.0. The summed E-state index contributed by atoms with van der Waals surface area (Å²) in [4.78, 5) is 22.8. The van der Waals surface area contributed by atoms with Crippen LogP contribution >= 0.6 is 11.6 Å². The molecule has 1 aromatic heterocycles. The molecule has 2 N–H and O–H groups in total. The van der Waals surface area contributed by atoms with Crippen molar-refractivity contribution in [2.45, 2.75) is 32.2 Å².